The largest absolute Gasteiger partial charge is 0.0989 e. The standard InChI is InChI=1S/H4S5Si/c1-3-4-5(2)6/h1H,6H3. The van der Waals surface area contributed by atoms with Crippen molar-refractivity contribution in [2.24, 2.45) is 0 Å². The second kappa shape index (κ2) is 4.98. The van der Waals surface area contributed by atoms with Gasteiger partial charge in [0, 0.05) is 0 Å². The second-order valence-electron chi connectivity index (χ2n) is 0.544. The lowest BCUT2D eigenvalue weighted by molar-refractivity contribution is 5.11. The van der Waals surface area contributed by atoms with Crippen molar-refractivity contribution in [2.45, 2.75) is 0 Å². The maximum Gasteiger partial charge on any atom is 0.0907 e. The molecule has 0 spiro atoms. The monoisotopic (exact) mass is 192 g/mol. The number of rotatable bonds is 2. The molecule has 0 nitrogen and oxygen atoms in total. The molecular formula is H4S5Si. The van der Waals surface area contributed by atoms with Crippen LogP contribution in [0.3, 0.4) is 0 Å². The van der Waals surface area contributed by atoms with Gasteiger partial charge in [0.2, 0.25) is 0 Å². The summed E-state index contributed by atoms with van der Waals surface area (Å²) in [5, 5.41) is 0. The Morgan fingerprint density at radius 1 is 1.83 bits per heavy atom. The zero-order chi connectivity index (χ0) is 4.99. The number of thiol groups is 1. The van der Waals surface area contributed by atoms with E-state index in [1.54, 1.807) is 9.83 Å². The van der Waals surface area contributed by atoms with Crippen LogP contribution in [-0.2, 0) is 19.1 Å². The summed E-state index contributed by atoms with van der Waals surface area (Å²) in [4.78, 5) is 0. The molecule has 0 radical (unpaired) electrons. The van der Waals surface area contributed by atoms with Crippen LogP contribution in [0.4, 0.5) is 0 Å². The van der Waals surface area contributed by atoms with Crippen molar-refractivity contribution in [1.29, 1.82) is 0 Å². The average molecular weight is 192 g/mol. The van der Waals surface area contributed by atoms with E-state index in [-0.39, 0.29) is 7.94 Å². The SMILES string of the molecule is [SiH3]S(=S)SSS. The maximum atomic E-state index is 4.86. The minimum atomic E-state index is 0.210. The van der Waals surface area contributed by atoms with E-state index >= 15 is 0 Å². The van der Waals surface area contributed by atoms with Crippen molar-refractivity contribution in [3.8, 4) is 0 Å². The van der Waals surface area contributed by atoms with Crippen LogP contribution in [0.1, 0.15) is 0 Å². The van der Waals surface area contributed by atoms with Crippen molar-refractivity contribution in [3.63, 3.8) is 0 Å². The highest BCUT2D eigenvalue weighted by Gasteiger charge is 1.78. The lowest BCUT2D eigenvalue weighted by Crippen LogP contribution is -1.65. The maximum absolute atomic E-state index is 4.86. The van der Waals surface area contributed by atoms with Gasteiger partial charge >= 0.3 is 0 Å². The summed E-state index contributed by atoms with van der Waals surface area (Å²) in [6.07, 6.45) is 0. The Balaban J connectivity index is 2.83. The van der Waals surface area contributed by atoms with Gasteiger partial charge < -0.3 is 0 Å². The van der Waals surface area contributed by atoms with E-state index in [1.165, 1.54) is 9.83 Å². The molecule has 38 valence electrons. The third-order valence-corrected chi connectivity index (χ3v) is 10.2. The normalized spacial score (nSPS) is 14.8. The van der Waals surface area contributed by atoms with Crippen LogP contribution in [0.15, 0.2) is 0 Å². The summed E-state index contributed by atoms with van der Waals surface area (Å²) in [7, 11) is 4.46. The molecule has 0 aromatic rings. The molecule has 1 unspecified atom stereocenters. The summed E-state index contributed by atoms with van der Waals surface area (Å²) in [5.41, 5.74) is 0. The van der Waals surface area contributed by atoms with Crippen LogP contribution in [0.25, 0.3) is 0 Å². The zero-order valence-electron chi connectivity index (χ0n) is 3.08. The smallest absolute Gasteiger partial charge is 0.0907 e. The summed E-state index contributed by atoms with van der Waals surface area (Å²) >= 11 is 8.76. The van der Waals surface area contributed by atoms with Gasteiger partial charge in [-0.05, 0) is 30.8 Å². The van der Waals surface area contributed by atoms with Crippen molar-refractivity contribution in [2.75, 3.05) is 0 Å². The fourth-order valence-electron chi connectivity index (χ4n) is 0.0429. The highest BCUT2D eigenvalue weighted by molar-refractivity contribution is 9.27. The number of hydrogen-bond donors (Lipinski definition) is 1. The minimum Gasteiger partial charge on any atom is -0.0989 e. The fraction of sp³-hybridized carbons (Fsp3) is 0. The molecular weight excluding hydrogens is 188 g/mol. The third kappa shape index (κ3) is 5.84. The topological polar surface area (TPSA) is 0 Å². The van der Waals surface area contributed by atoms with Gasteiger partial charge in [0.1, 0.15) is 0 Å². The molecule has 0 aromatic heterocycles. The first kappa shape index (κ1) is 7.84. The first-order valence-corrected chi connectivity index (χ1v) is 9.82. The molecule has 1 atom stereocenters. The van der Waals surface area contributed by atoms with Crippen LogP contribution in [0.5, 0.6) is 0 Å². The van der Waals surface area contributed by atoms with Gasteiger partial charge in [-0.15, -0.1) is 0 Å². The van der Waals surface area contributed by atoms with Crippen LogP contribution < -0.4 is 0 Å². The highest BCUT2D eigenvalue weighted by Crippen LogP contribution is 2.26. The van der Waals surface area contributed by atoms with Crippen LogP contribution in [0.2, 0.25) is 0 Å². The molecule has 0 fully saturated rings. The van der Waals surface area contributed by atoms with Gasteiger partial charge in [0.25, 0.3) is 0 Å². The average Bonchev–Trinajstić information content (AvgIpc) is 1.35. The van der Waals surface area contributed by atoms with E-state index in [0.29, 0.717) is 0 Å². The van der Waals surface area contributed by atoms with Gasteiger partial charge in [0.15, 0.2) is 0 Å². The van der Waals surface area contributed by atoms with Crippen molar-refractivity contribution in [3.05, 3.63) is 0 Å². The van der Waals surface area contributed by atoms with Crippen molar-refractivity contribution >= 4 is 59.8 Å². The number of hydrogen-bond acceptors (Lipinski definition) is 4. The van der Waals surface area contributed by atoms with Gasteiger partial charge in [-0.3, -0.25) is 0 Å². The third-order valence-electron chi connectivity index (χ3n) is 0.126. The van der Waals surface area contributed by atoms with Crippen LogP contribution >= 0.6 is 31.3 Å². The van der Waals surface area contributed by atoms with E-state index < -0.39 is 0 Å². The molecule has 0 saturated heterocycles. The van der Waals surface area contributed by atoms with E-state index in [4.69, 9.17) is 11.2 Å². The summed E-state index contributed by atoms with van der Waals surface area (Å²) < 4.78 is 0. The van der Waals surface area contributed by atoms with E-state index in [1.807, 2.05) is 0 Å². The lowest BCUT2D eigenvalue weighted by Gasteiger charge is -1.85. The zero-order valence-corrected chi connectivity index (χ0v) is 9.24. The second-order valence-corrected chi connectivity index (χ2v) is 14.7. The van der Waals surface area contributed by atoms with Crippen molar-refractivity contribution in [1.82, 2.24) is 0 Å². The minimum absolute atomic E-state index is 0.210. The van der Waals surface area contributed by atoms with Gasteiger partial charge in [-0.1, -0.05) is 19.6 Å². The Bertz CT molecular complexity index is 47.9. The Hall–Kier alpha value is 1.84. The summed E-state index contributed by atoms with van der Waals surface area (Å²) in [6.45, 7) is 0. The van der Waals surface area contributed by atoms with Crippen LogP contribution in [0, 0.1) is 0 Å². The Labute approximate surface area is 59.5 Å². The molecule has 0 aliphatic heterocycles. The van der Waals surface area contributed by atoms with Gasteiger partial charge in [-0.25, -0.2) is 0 Å². The molecule has 0 aliphatic rings. The fourth-order valence-corrected chi connectivity index (χ4v) is 10.4. The molecule has 6 heteroatoms. The first-order chi connectivity index (χ1) is 2.77. The molecule has 6 heavy (non-hydrogen) atoms. The molecule has 0 aromatic carbocycles. The molecule has 0 amide bonds. The molecule has 0 bridgehead atoms. The summed E-state index contributed by atoms with van der Waals surface area (Å²) in [6, 6.07) is 0. The molecule has 0 heterocycles. The Morgan fingerprint density at radius 2 is 2.33 bits per heavy atom. The molecule has 0 aliphatic carbocycles. The lowest BCUT2D eigenvalue weighted by atomic mass is 27.8. The molecule has 0 saturated carbocycles. The van der Waals surface area contributed by atoms with Gasteiger partial charge in [-0.2, -0.15) is 0 Å². The predicted octanol–water partition coefficient (Wildman–Crippen LogP) is 0.488. The Morgan fingerprint density at radius 3 is 2.33 bits per heavy atom. The van der Waals surface area contributed by atoms with E-state index in [2.05, 4.69) is 11.7 Å². The predicted molar refractivity (Wildman–Crippen MR) is 48.8 cm³/mol. The van der Waals surface area contributed by atoms with Crippen LogP contribution in [-0.4, -0.2) is 9.39 Å². The van der Waals surface area contributed by atoms with Gasteiger partial charge in [0.05, 0.1) is 9.39 Å². The van der Waals surface area contributed by atoms with E-state index in [0.717, 1.165) is 9.39 Å². The van der Waals surface area contributed by atoms with Crippen molar-refractivity contribution < 1.29 is 0 Å². The quantitative estimate of drug-likeness (QED) is 0.384. The van der Waals surface area contributed by atoms with E-state index in [9.17, 15) is 0 Å². The first-order valence-electron chi connectivity index (χ1n) is 1.09. The summed E-state index contributed by atoms with van der Waals surface area (Å²) in [5.74, 6) is 0. The Kier molecular flexibility index (Phi) is 6.51. The molecule has 0 N–H and O–H groups in total. The highest BCUT2D eigenvalue weighted by atomic mass is 33.8. The molecule has 0 rings (SSSR count).